The molecule has 1 nitrogen and oxygen atoms in total. The van der Waals surface area contributed by atoms with Crippen LogP contribution in [0.15, 0.2) is 0 Å². The van der Waals surface area contributed by atoms with Gasteiger partial charge in [0.1, 0.15) is 0 Å². The van der Waals surface area contributed by atoms with Gasteiger partial charge in [-0.25, -0.2) is 0 Å². The smallest absolute Gasteiger partial charge is 0.268 e. The van der Waals surface area contributed by atoms with Crippen molar-refractivity contribution in [3.63, 3.8) is 0 Å². The van der Waals surface area contributed by atoms with Crippen molar-refractivity contribution in [3.8, 4) is 0 Å². The third kappa shape index (κ3) is 3.59. The zero-order valence-corrected chi connectivity index (χ0v) is 6.77. The molecule has 0 amide bonds. The topological polar surface area (TPSA) is 17.1 Å². The first kappa shape index (κ1) is 8.02. The lowest BCUT2D eigenvalue weighted by atomic mass is 10.9. The molecule has 0 bridgehead atoms. The Hall–Kier alpha value is 1.02. The van der Waals surface area contributed by atoms with Gasteiger partial charge >= 0.3 is 0 Å². The van der Waals surface area contributed by atoms with Gasteiger partial charge in [-0.3, -0.25) is 4.79 Å². The fraction of sp³-hybridized carbons (Fsp3) is 0.500. The molecule has 0 rings (SSSR count). The molecule has 0 saturated heterocycles. The maximum Gasteiger partial charge on any atom is 0.268 e. The van der Waals surface area contributed by atoms with E-state index in [9.17, 15) is 4.79 Å². The van der Waals surface area contributed by atoms with Crippen LogP contribution < -0.4 is 0 Å². The molecule has 0 spiro atoms. The van der Waals surface area contributed by atoms with Crippen LogP contribution in [-0.4, -0.2) is 8.49 Å². The van der Waals surface area contributed by atoms with E-state index in [1.165, 1.54) is 0 Å². The monoisotopic (exact) mass is 224 g/mol. The van der Waals surface area contributed by atoms with Crippen LogP contribution >= 0.6 is 50.7 Å². The Kier molecular flexibility index (Phi) is 2.90. The van der Waals surface area contributed by atoms with Crippen LogP contribution in [0.3, 0.4) is 0 Å². The predicted octanol–water partition coefficient (Wildman–Crippen LogP) is 2.28. The maximum absolute atomic E-state index is 9.92. The van der Waals surface area contributed by atoms with Gasteiger partial charge in [0.15, 0.2) is 0 Å². The van der Waals surface area contributed by atoms with Crippen molar-refractivity contribution in [1.29, 1.82) is 0 Å². The average molecular weight is 226 g/mol. The summed E-state index contributed by atoms with van der Waals surface area (Å²) in [6.07, 6.45) is 0. The van der Waals surface area contributed by atoms with E-state index < -0.39 is 8.49 Å². The Morgan fingerprint density at radius 2 is 1.71 bits per heavy atom. The Labute approximate surface area is 64.0 Å². The number of rotatable bonds is 1. The summed E-state index contributed by atoms with van der Waals surface area (Å²) in [6, 6.07) is 0. The lowest BCUT2D eigenvalue weighted by Crippen LogP contribution is -2.09. The van der Waals surface area contributed by atoms with Gasteiger partial charge in [-0.05, 0) is 27.5 Å². The Morgan fingerprint density at radius 3 is 1.71 bits per heavy atom. The molecule has 5 heteroatoms. The van der Waals surface area contributed by atoms with E-state index in [0.717, 1.165) is 0 Å². The van der Waals surface area contributed by atoms with E-state index in [1.807, 2.05) is 0 Å². The molecule has 42 valence electrons. The SMILES string of the molecule is O=C(Cl)C(Cl)(Cl)Br. The highest BCUT2D eigenvalue weighted by Gasteiger charge is 2.27. The molecule has 0 aromatic rings. The largest absolute Gasteiger partial charge is 0.277 e. The molecule has 7 heavy (non-hydrogen) atoms. The number of hydrogen-bond donors (Lipinski definition) is 0. The van der Waals surface area contributed by atoms with Gasteiger partial charge in [-0.1, -0.05) is 23.2 Å². The van der Waals surface area contributed by atoms with Crippen molar-refractivity contribution in [2.75, 3.05) is 0 Å². The minimum absolute atomic E-state index is 0.837. The van der Waals surface area contributed by atoms with E-state index in [4.69, 9.17) is 34.8 Å². The maximum atomic E-state index is 9.92. The summed E-state index contributed by atoms with van der Waals surface area (Å²) < 4.78 is -1.62. The fourth-order valence-electron chi connectivity index (χ4n) is 0. The van der Waals surface area contributed by atoms with E-state index in [0.29, 0.717) is 0 Å². The van der Waals surface area contributed by atoms with Crippen LogP contribution in [0.4, 0.5) is 0 Å². The van der Waals surface area contributed by atoms with Crippen LogP contribution in [0.5, 0.6) is 0 Å². The van der Waals surface area contributed by atoms with Crippen molar-refractivity contribution in [1.82, 2.24) is 0 Å². The summed E-state index contributed by atoms with van der Waals surface area (Å²) in [7, 11) is 0. The minimum atomic E-state index is -1.62. The molecular formula is C2BrCl3O. The van der Waals surface area contributed by atoms with E-state index >= 15 is 0 Å². The summed E-state index contributed by atoms with van der Waals surface area (Å²) in [4.78, 5) is 9.92. The predicted molar refractivity (Wildman–Crippen MR) is 34.2 cm³/mol. The lowest BCUT2D eigenvalue weighted by molar-refractivity contribution is -0.110. The molecule has 0 aliphatic heterocycles. The van der Waals surface area contributed by atoms with Crippen LogP contribution in [-0.2, 0) is 4.79 Å². The molecule has 0 fully saturated rings. The summed E-state index contributed by atoms with van der Waals surface area (Å²) >= 11 is 17.5. The average Bonchev–Trinajstić information content (AvgIpc) is 1.31. The molecule has 0 aliphatic carbocycles. The van der Waals surface area contributed by atoms with Crippen LogP contribution in [0.2, 0.25) is 0 Å². The quantitative estimate of drug-likeness (QED) is 0.495. The molecule has 0 N–H and O–H groups in total. The van der Waals surface area contributed by atoms with Gasteiger partial charge < -0.3 is 0 Å². The highest BCUT2D eigenvalue weighted by molar-refractivity contribution is 9.11. The first-order chi connectivity index (χ1) is 2.94. The summed E-state index contributed by atoms with van der Waals surface area (Å²) in [5, 5.41) is -0.837. The zero-order chi connectivity index (χ0) is 6.08. The third-order valence-electron chi connectivity index (χ3n) is 0.223. The number of carbonyl (C=O) groups is 1. The van der Waals surface area contributed by atoms with Crippen molar-refractivity contribution < 1.29 is 4.79 Å². The molecule has 0 unspecified atom stereocenters. The van der Waals surface area contributed by atoms with Gasteiger partial charge in [-0.2, -0.15) is 0 Å². The number of halogens is 4. The molecular weight excluding hydrogens is 226 g/mol. The van der Waals surface area contributed by atoms with Crippen molar-refractivity contribution in [2.45, 2.75) is 3.24 Å². The Balaban J connectivity index is 3.79. The summed E-state index contributed by atoms with van der Waals surface area (Å²) in [5.74, 6) is 0. The van der Waals surface area contributed by atoms with E-state index in [1.54, 1.807) is 0 Å². The van der Waals surface area contributed by atoms with Gasteiger partial charge in [0, 0.05) is 0 Å². The zero-order valence-electron chi connectivity index (χ0n) is 2.92. The second-order valence-electron chi connectivity index (χ2n) is 0.771. The molecule has 0 saturated carbocycles. The van der Waals surface area contributed by atoms with Gasteiger partial charge in [0.2, 0.25) is 3.24 Å². The fourth-order valence-corrected chi connectivity index (χ4v) is 0. The van der Waals surface area contributed by atoms with Crippen molar-refractivity contribution in [3.05, 3.63) is 0 Å². The standard InChI is InChI=1S/C2BrCl3O/c3-2(5,6)1(4)7. The number of carbonyl (C=O) groups excluding carboxylic acids is 1. The van der Waals surface area contributed by atoms with Gasteiger partial charge in [0.25, 0.3) is 5.24 Å². The second-order valence-corrected chi connectivity index (χ2v) is 4.54. The lowest BCUT2D eigenvalue weighted by Gasteiger charge is -1.99. The van der Waals surface area contributed by atoms with Gasteiger partial charge in [0.05, 0.1) is 0 Å². The van der Waals surface area contributed by atoms with Crippen LogP contribution in [0.25, 0.3) is 0 Å². The van der Waals surface area contributed by atoms with Crippen LogP contribution in [0.1, 0.15) is 0 Å². The van der Waals surface area contributed by atoms with E-state index in [-0.39, 0.29) is 0 Å². The number of hydrogen-bond acceptors (Lipinski definition) is 1. The summed E-state index contributed by atoms with van der Waals surface area (Å²) in [5.41, 5.74) is 0. The molecule has 0 aromatic heterocycles. The van der Waals surface area contributed by atoms with E-state index in [2.05, 4.69) is 15.9 Å². The van der Waals surface area contributed by atoms with Crippen molar-refractivity contribution >= 4 is 56.0 Å². The molecule has 0 heterocycles. The Morgan fingerprint density at radius 1 is 1.57 bits per heavy atom. The first-order valence-corrected chi connectivity index (χ1v) is 3.14. The Bertz CT molecular complexity index is 85.4. The highest BCUT2D eigenvalue weighted by atomic mass is 79.9. The van der Waals surface area contributed by atoms with Crippen molar-refractivity contribution in [2.24, 2.45) is 0 Å². The minimum Gasteiger partial charge on any atom is -0.277 e. The van der Waals surface area contributed by atoms with Crippen LogP contribution in [0, 0.1) is 0 Å². The summed E-state index contributed by atoms with van der Waals surface area (Å²) in [6.45, 7) is 0. The molecule has 0 aliphatic rings. The second kappa shape index (κ2) is 2.53. The number of alkyl halides is 3. The molecule has 0 atom stereocenters. The highest BCUT2D eigenvalue weighted by Crippen LogP contribution is 2.30. The molecule has 0 radical (unpaired) electrons. The molecule has 0 aromatic carbocycles. The van der Waals surface area contributed by atoms with Gasteiger partial charge in [-0.15, -0.1) is 0 Å². The normalized spacial score (nSPS) is 11.4. The first-order valence-electron chi connectivity index (χ1n) is 1.21. The third-order valence-corrected chi connectivity index (χ3v) is 1.63.